The van der Waals surface area contributed by atoms with Gasteiger partial charge in [-0.3, -0.25) is 19.3 Å². The smallest absolute Gasteiger partial charge is 0.261 e. The third-order valence-corrected chi connectivity index (χ3v) is 8.28. The van der Waals surface area contributed by atoms with Crippen molar-refractivity contribution in [3.05, 3.63) is 70.8 Å². The summed E-state index contributed by atoms with van der Waals surface area (Å²) in [5, 5.41) is 5.79. The number of hydrogen-bond acceptors (Lipinski definition) is 6. The summed E-state index contributed by atoms with van der Waals surface area (Å²) in [6, 6.07) is 7.71. The van der Waals surface area contributed by atoms with Gasteiger partial charge < -0.3 is 20.5 Å². The number of benzene rings is 1. The lowest BCUT2D eigenvalue weighted by Gasteiger charge is -2.14. The Morgan fingerprint density at radius 2 is 1.97 bits per heavy atom. The molecule has 2 aromatic heterocycles. The van der Waals surface area contributed by atoms with Gasteiger partial charge in [0.05, 0.1) is 27.9 Å². The molecule has 38 heavy (non-hydrogen) atoms. The lowest BCUT2D eigenvalue weighted by atomic mass is 10.0. The number of amides is 2. The van der Waals surface area contributed by atoms with Crippen molar-refractivity contribution >= 4 is 44.9 Å². The molecule has 0 radical (unpaired) electrons. The second kappa shape index (κ2) is 10.4. The van der Waals surface area contributed by atoms with Crippen LogP contribution in [0.15, 0.2) is 47.6 Å². The van der Waals surface area contributed by atoms with Crippen molar-refractivity contribution in [1.82, 2.24) is 20.2 Å². The molecule has 4 heterocycles. The Balaban J connectivity index is 1.39. The van der Waals surface area contributed by atoms with Crippen molar-refractivity contribution in [2.45, 2.75) is 31.6 Å². The molecule has 0 unspecified atom stereocenters. The van der Waals surface area contributed by atoms with E-state index >= 15 is 0 Å². The van der Waals surface area contributed by atoms with E-state index in [0.717, 1.165) is 25.2 Å². The van der Waals surface area contributed by atoms with E-state index in [1.165, 1.54) is 31.2 Å². The zero-order chi connectivity index (χ0) is 26.9. The van der Waals surface area contributed by atoms with Crippen LogP contribution in [-0.4, -0.2) is 61.3 Å². The van der Waals surface area contributed by atoms with Crippen LogP contribution >= 0.6 is 0 Å². The van der Waals surface area contributed by atoms with Crippen LogP contribution in [0.2, 0.25) is 0 Å². The summed E-state index contributed by atoms with van der Waals surface area (Å²) in [6.07, 6.45) is 7.03. The molecule has 0 aliphatic carbocycles. The fraction of sp³-hybridized carbons (Fsp3) is 0.296. The number of aromatic amines is 1. The molecule has 1 saturated heterocycles. The molecule has 1 fully saturated rings. The lowest BCUT2D eigenvalue weighted by molar-refractivity contribution is -0.110. The predicted molar refractivity (Wildman–Crippen MR) is 146 cm³/mol. The number of hydrogen-bond donors (Lipinski definition) is 4. The third kappa shape index (κ3) is 5.20. The highest BCUT2D eigenvalue weighted by molar-refractivity contribution is 7.92. The summed E-state index contributed by atoms with van der Waals surface area (Å²) in [5.74, 6) is -0.510. The minimum absolute atomic E-state index is 0.0139. The number of aryl methyl sites for hydroxylation is 1. The molecule has 0 spiro atoms. The summed E-state index contributed by atoms with van der Waals surface area (Å²) < 4.78 is 28.5. The van der Waals surface area contributed by atoms with Gasteiger partial charge in [0.25, 0.3) is 21.8 Å². The van der Waals surface area contributed by atoms with Gasteiger partial charge in [-0.25, -0.2) is 8.42 Å². The molecule has 2 aliphatic heterocycles. The molecule has 3 aromatic rings. The topological polar surface area (TPSA) is 136 Å². The number of nitrogens with one attached hydrogen (secondary N) is 4. The van der Waals surface area contributed by atoms with Crippen LogP contribution < -0.4 is 15.4 Å². The number of carbonyl (C=O) groups excluding carboxylic acids is 2. The number of H-pyrrole nitrogens is 1. The molecule has 2 aliphatic rings. The number of nitrogens with zero attached hydrogens (tertiary/aromatic N) is 2. The molecule has 0 atom stereocenters. The molecule has 4 N–H and O–H groups in total. The maximum atomic E-state index is 13.0. The van der Waals surface area contributed by atoms with E-state index in [1.807, 2.05) is 13.8 Å². The van der Waals surface area contributed by atoms with Gasteiger partial charge in [-0.05, 0) is 81.7 Å². The molecule has 5 rings (SSSR count). The van der Waals surface area contributed by atoms with E-state index < -0.39 is 10.0 Å². The number of aromatic nitrogens is 2. The Bertz CT molecular complexity index is 1520. The van der Waals surface area contributed by atoms with Gasteiger partial charge in [0.1, 0.15) is 0 Å². The van der Waals surface area contributed by atoms with Gasteiger partial charge in [0.2, 0.25) is 0 Å². The van der Waals surface area contributed by atoms with Crippen LogP contribution in [0.4, 0.5) is 11.4 Å². The van der Waals surface area contributed by atoms with Crippen LogP contribution in [-0.2, 0) is 14.8 Å². The maximum absolute atomic E-state index is 13.0. The highest BCUT2D eigenvalue weighted by Gasteiger charge is 2.28. The first-order valence-electron chi connectivity index (χ1n) is 12.5. The second-order valence-corrected chi connectivity index (χ2v) is 11.2. The van der Waals surface area contributed by atoms with Crippen LogP contribution in [0.25, 0.3) is 11.6 Å². The number of pyridine rings is 1. The minimum atomic E-state index is -3.91. The van der Waals surface area contributed by atoms with Crippen LogP contribution in [0, 0.1) is 13.8 Å². The molecule has 198 valence electrons. The van der Waals surface area contributed by atoms with Crippen molar-refractivity contribution in [2.75, 3.05) is 36.2 Å². The minimum Gasteiger partial charge on any atom is -0.358 e. The molecular formula is C27H30N6O4S. The van der Waals surface area contributed by atoms with E-state index in [0.29, 0.717) is 46.0 Å². The average Bonchev–Trinajstić information content (AvgIpc) is 3.58. The Labute approximate surface area is 221 Å². The first kappa shape index (κ1) is 25.7. The van der Waals surface area contributed by atoms with Gasteiger partial charge in [0.15, 0.2) is 0 Å². The fourth-order valence-corrected chi connectivity index (χ4v) is 6.01. The molecule has 0 saturated carbocycles. The van der Waals surface area contributed by atoms with Gasteiger partial charge in [-0.15, -0.1) is 0 Å². The first-order chi connectivity index (χ1) is 18.2. The number of rotatable bonds is 8. The number of sulfonamides is 1. The summed E-state index contributed by atoms with van der Waals surface area (Å²) in [4.78, 5) is 35.3. The SMILES string of the molecule is Cc1[nH]c(/C=C2\C(=O)Nc3ccc(S(=O)(=O)Nc4cccnc4)cc32)c(C)c1C(=O)NCCN1CCCC1. The summed E-state index contributed by atoms with van der Waals surface area (Å²) >= 11 is 0. The number of anilines is 2. The molecule has 10 nitrogen and oxygen atoms in total. The number of fused-ring (bicyclic) bond motifs is 1. The van der Waals surface area contributed by atoms with Crippen molar-refractivity contribution < 1.29 is 18.0 Å². The van der Waals surface area contributed by atoms with E-state index in [9.17, 15) is 18.0 Å². The fourth-order valence-electron chi connectivity index (χ4n) is 4.94. The zero-order valence-corrected chi connectivity index (χ0v) is 22.1. The van der Waals surface area contributed by atoms with Gasteiger partial charge in [0, 0.05) is 41.9 Å². The van der Waals surface area contributed by atoms with Crippen LogP contribution in [0.1, 0.15) is 45.7 Å². The second-order valence-electron chi connectivity index (χ2n) is 9.54. The summed E-state index contributed by atoms with van der Waals surface area (Å²) in [7, 11) is -3.91. The lowest BCUT2D eigenvalue weighted by Crippen LogP contribution is -2.33. The van der Waals surface area contributed by atoms with Crippen molar-refractivity contribution in [2.24, 2.45) is 0 Å². The quantitative estimate of drug-likeness (QED) is 0.328. The summed E-state index contributed by atoms with van der Waals surface area (Å²) in [5.41, 5.74) is 4.21. The Morgan fingerprint density at radius 3 is 2.71 bits per heavy atom. The Morgan fingerprint density at radius 1 is 1.18 bits per heavy atom. The van der Waals surface area contributed by atoms with Crippen molar-refractivity contribution in [1.29, 1.82) is 0 Å². The highest BCUT2D eigenvalue weighted by Crippen LogP contribution is 2.36. The van der Waals surface area contributed by atoms with Crippen LogP contribution in [0.3, 0.4) is 0 Å². The Kier molecular flexibility index (Phi) is 7.04. The first-order valence-corrected chi connectivity index (χ1v) is 14.0. The normalized spacial score (nSPS) is 16.5. The highest BCUT2D eigenvalue weighted by atomic mass is 32.2. The van der Waals surface area contributed by atoms with Crippen molar-refractivity contribution in [3.63, 3.8) is 0 Å². The van der Waals surface area contributed by atoms with E-state index in [1.54, 1.807) is 30.5 Å². The zero-order valence-electron chi connectivity index (χ0n) is 21.3. The predicted octanol–water partition coefficient (Wildman–Crippen LogP) is 3.15. The third-order valence-electron chi connectivity index (χ3n) is 6.90. The molecule has 2 amide bonds. The standard InChI is InChI=1S/C27H30N6O4S/c1-17-24(30-18(2)25(17)27(35)29-10-13-33-11-3-4-12-33)15-22-21-14-20(7-8-23(21)31-26(22)34)38(36,37)32-19-6-5-9-28-16-19/h5-9,14-16,30,32H,3-4,10-13H2,1-2H3,(H,29,35)(H,31,34)/b22-15-. The van der Waals surface area contributed by atoms with E-state index in [4.69, 9.17) is 0 Å². The molecule has 0 bridgehead atoms. The summed E-state index contributed by atoms with van der Waals surface area (Å²) in [6.45, 7) is 7.19. The maximum Gasteiger partial charge on any atom is 0.261 e. The molecule has 1 aromatic carbocycles. The monoisotopic (exact) mass is 534 g/mol. The van der Waals surface area contributed by atoms with E-state index in [-0.39, 0.29) is 16.7 Å². The van der Waals surface area contributed by atoms with Gasteiger partial charge in [-0.2, -0.15) is 0 Å². The number of carbonyl (C=O) groups is 2. The average molecular weight is 535 g/mol. The van der Waals surface area contributed by atoms with Crippen molar-refractivity contribution in [3.8, 4) is 0 Å². The van der Waals surface area contributed by atoms with Gasteiger partial charge >= 0.3 is 0 Å². The van der Waals surface area contributed by atoms with E-state index in [2.05, 4.69) is 30.2 Å². The molecular weight excluding hydrogens is 504 g/mol. The molecule has 11 heteroatoms. The van der Waals surface area contributed by atoms with Crippen LogP contribution in [0.5, 0.6) is 0 Å². The largest absolute Gasteiger partial charge is 0.358 e. The Hall–Kier alpha value is -3.96. The number of likely N-dealkylation sites (tertiary alicyclic amines) is 1. The van der Waals surface area contributed by atoms with Gasteiger partial charge in [-0.1, -0.05) is 0 Å².